The Balaban J connectivity index is 1.47. The monoisotopic (exact) mass is 515 g/mol. The Morgan fingerprint density at radius 3 is 1.79 bits per heavy atom. The molecule has 0 N–H and O–H groups in total. The molecular formula is C33H20ClN3O. The lowest BCUT2D eigenvalue weighted by Gasteiger charge is -2.09. The topological polar surface area (TPSA) is 51.8 Å². The van der Waals surface area contributed by atoms with Gasteiger partial charge in [0.1, 0.15) is 5.58 Å². The maximum absolute atomic E-state index is 9.07. The highest BCUT2D eigenvalue weighted by Gasteiger charge is 2.15. The predicted octanol–water partition coefficient (Wildman–Crippen LogP) is 9.09. The SMILES string of the molecule is [2H]c1c([2H])c([2H])c2c(oc3c([2H])c(-c4nc(-c5ccccc5)nc(-c5ccc(-c6ccccc6)cc5)n4)c([2H])c([2H])c32)c1Cl. The second-order valence-corrected chi connectivity index (χ2v) is 8.94. The Kier molecular flexibility index (Phi) is 4.10. The van der Waals surface area contributed by atoms with Crippen LogP contribution in [0.3, 0.4) is 0 Å². The lowest BCUT2D eigenvalue weighted by atomic mass is 10.0. The minimum atomic E-state index is -0.431. The summed E-state index contributed by atoms with van der Waals surface area (Å²) in [6, 6.07) is 24.8. The lowest BCUT2D eigenvalue weighted by molar-refractivity contribution is 0.669. The zero-order valence-electron chi connectivity index (χ0n) is 25.7. The standard InChI is InChI=1S/C33H20ClN3O/c34-28-13-7-12-27-26-19-18-25(20-29(26)38-30(27)28)33-36-31(23-10-5-2-6-11-23)35-32(37-33)24-16-14-22(15-17-24)21-8-3-1-4-9-21/h1-20H/i7D,12D,13D,18D,19D,20D. The number of aromatic nitrogens is 3. The van der Waals surface area contributed by atoms with E-state index in [1.165, 1.54) is 0 Å². The zero-order valence-corrected chi connectivity index (χ0v) is 20.5. The molecule has 0 saturated carbocycles. The zero-order chi connectivity index (χ0) is 30.7. The van der Waals surface area contributed by atoms with E-state index >= 15 is 0 Å². The molecule has 0 aliphatic carbocycles. The van der Waals surface area contributed by atoms with E-state index in [1.54, 1.807) is 0 Å². The van der Waals surface area contributed by atoms with Gasteiger partial charge in [-0.25, -0.2) is 15.0 Å². The van der Waals surface area contributed by atoms with Crippen molar-refractivity contribution in [3.8, 4) is 45.3 Å². The molecule has 180 valence electrons. The van der Waals surface area contributed by atoms with E-state index in [1.807, 2.05) is 84.9 Å². The molecule has 7 aromatic rings. The number of fused-ring (bicyclic) bond motifs is 3. The summed E-state index contributed by atoms with van der Waals surface area (Å²) in [6.07, 6.45) is 0. The minimum absolute atomic E-state index is 0.00593. The Morgan fingerprint density at radius 1 is 0.553 bits per heavy atom. The van der Waals surface area contributed by atoms with Crippen LogP contribution in [0.5, 0.6) is 0 Å². The third-order valence-corrected chi connectivity index (χ3v) is 6.43. The van der Waals surface area contributed by atoms with E-state index in [4.69, 9.17) is 29.2 Å². The second kappa shape index (κ2) is 9.25. The summed E-state index contributed by atoms with van der Waals surface area (Å²) >= 11 is 6.32. The lowest BCUT2D eigenvalue weighted by Crippen LogP contribution is -2.00. The summed E-state index contributed by atoms with van der Waals surface area (Å²) in [7, 11) is 0. The highest BCUT2D eigenvalue weighted by atomic mass is 35.5. The van der Waals surface area contributed by atoms with Crippen LogP contribution in [0.15, 0.2) is 126 Å². The summed E-state index contributed by atoms with van der Waals surface area (Å²) in [4.78, 5) is 14.0. The van der Waals surface area contributed by atoms with Gasteiger partial charge in [0.25, 0.3) is 0 Å². The van der Waals surface area contributed by atoms with Crippen molar-refractivity contribution in [2.75, 3.05) is 0 Å². The van der Waals surface area contributed by atoms with Crippen molar-refractivity contribution >= 4 is 33.5 Å². The fourth-order valence-corrected chi connectivity index (χ4v) is 4.46. The summed E-state index contributed by atoms with van der Waals surface area (Å²) in [5.41, 5.74) is 3.23. The molecule has 0 unspecified atom stereocenters. The van der Waals surface area contributed by atoms with Gasteiger partial charge >= 0.3 is 0 Å². The van der Waals surface area contributed by atoms with Crippen LogP contribution in [0.25, 0.3) is 67.2 Å². The van der Waals surface area contributed by atoms with E-state index < -0.39 is 6.04 Å². The number of benzene rings is 5. The first kappa shape index (κ1) is 16.8. The molecule has 7 rings (SSSR count). The summed E-state index contributed by atoms with van der Waals surface area (Å²) in [6.45, 7) is 0. The Bertz CT molecular complexity index is 2240. The first-order valence-electron chi connectivity index (χ1n) is 14.8. The van der Waals surface area contributed by atoms with E-state index in [2.05, 4.69) is 9.97 Å². The van der Waals surface area contributed by atoms with Crippen molar-refractivity contribution in [2.45, 2.75) is 0 Å². The first-order valence-corrected chi connectivity index (χ1v) is 12.2. The fraction of sp³-hybridized carbons (Fsp3) is 0. The number of nitrogens with zero attached hydrogens (tertiary/aromatic N) is 3. The Morgan fingerprint density at radius 2 is 1.11 bits per heavy atom. The molecule has 2 heterocycles. The molecule has 0 saturated heterocycles. The van der Waals surface area contributed by atoms with Crippen LogP contribution in [0.1, 0.15) is 8.22 Å². The molecule has 38 heavy (non-hydrogen) atoms. The van der Waals surface area contributed by atoms with Gasteiger partial charge in [-0.05, 0) is 29.3 Å². The molecule has 0 spiro atoms. The third kappa shape index (κ3) is 4.01. The molecule has 0 radical (unpaired) electrons. The van der Waals surface area contributed by atoms with Crippen LogP contribution in [0, 0.1) is 0 Å². The van der Waals surface area contributed by atoms with Crippen molar-refractivity contribution < 1.29 is 12.6 Å². The molecule has 5 heteroatoms. The normalized spacial score (nSPS) is 13.5. The Hall–Kier alpha value is -4.80. The van der Waals surface area contributed by atoms with Crippen molar-refractivity contribution in [3.05, 3.63) is 126 Å². The summed E-state index contributed by atoms with van der Waals surface area (Å²) in [5.74, 6) is 0.644. The van der Waals surface area contributed by atoms with Crippen LogP contribution in [0.2, 0.25) is 5.02 Å². The molecular weight excluding hydrogens is 490 g/mol. The number of hydrogen-bond donors (Lipinski definition) is 0. The van der Waals surface area contributed by atoms with Crippen LogP contribution in [0.4, 0.5) is 0 Å². The quantitative estimate of drug-likeness (QED) is 0.234. The Labute approximate surface area is 232 Å². The van der Waals surface area contributed by atoms with Crippen LogP contribution >= 0.6 is 11.6 Å². The van der Waals surface area contributed by atoms with E-state index in [0.717, 1.165) is 11.1 Å². The van der Waals surface area contributed by atoms with E-state index in [-0.39, 0.29) is 68.6 Å². The van der Waals surface area contributed by atoms with Gasteiger partial charge in [-0.15, -0.1) is 0 Å². The van der Waals surface area contributed by atoms with Gasteiger partial charge in [0, 0.05) is 27.5 Å². The largest absolute Gasteiger partial charge is 0.454 e. The predicted molar refractivity (Wildman–Crippen MR) is 154 cm³/mol. The molecule has 0 bridgehead atoms. The van der Waals surface area contributed by atoms with Gasteiger partial charge in [0.2, 0.25) is 0 Å². The smallest absolute Gasteiger partial charge is 0.164 e. The molecule has 0 amide bonds. The minimum Gasteiger partial charge on any atom is -0.454 e. The summed E-state index contributed by atoms with van der Waals surface area (Å²) < 4.78 is 57.4. The van der Waals surface area contributed by atoms with Gasteiger partial charge in [0.15, 0.2) is 23.1 Å². The first-order chi connectivity index (χ1) is 21.2. The van der Waals surface area contributed by atoms with E-state index in [0.29, 0.717) is 22.8 Å². The third-order valence-electron chi connectivity index (χ3n) is 6.16. The van der Waals surface area contributed by atoms with Crippen LogP contribution in [-0.2, 0) is 0 Å². The average molecular weight is 516 g/mol. The molecule has 4 nitrogen and oxygen atoms in total. The molecule has 0 aliphatic heterocycles. The van der Waals surface area contributed by atoms with Crippen molar-refractivity contribution in [3.63, 3.8) is 0 Å². The van der Waals surface area contributed by atoms with Crippen molar-refractivity contribution in [1.29, 1.82) is 0 Å². The number of hydrogen-bond acceptors (Lipinski definition) is 4. The number of rotatable bonds is 4. The van der Waals surface area contributed by atoms with Crippen LogP contribution in [-0.4, -0.2) is 15.0 Å². The molecule has 2 aromatic heterocycles. The molecule has 0 fully saturated rings. The van der Waals surface area contributed by atoms with Gasteiger partial charge in [-0.2, -0.15) is 0 Å². The van der Waals surface area contributed by atoms with Crippen molar-refractivity contribution in [2.24, 2.45) is 0 Å². The number of furan rings is 1. The van der Waals surface area contributed by atoms with E-state index in [9.17, 15) is 0 Å². The van der Waals surface area contributed by atoms with Crippen molar-refractivity contribution in [1.82, 2.24) is 15.0 Å². The van der Waals surface area contributed by atoms with Gasteiger partial charge in [0.05, 0.1) is 13.2 Å². The van der Waals surface area contributed by atoms with Crippen LogP contribution < -0.4 is 0 Å². The molecule has 0 atom stereocenters. The molecule has 5 aromatic carbocycles. The highest BCUT2D eigenvalue weighted by Crippen LogP contribution is 2.35. The maximum Gasteiger partial charge on any atom is 0.164 e. The maximum atomic E-state index is 9.07. The summed E-state index contributed by atoms with van der Waals surface area (Å²) in [5, 5.41) is -0.172. The number of halogens is 1. The van der Waals surface area contributed by atoms with Gasteiger partial charge in [-0.1, -0.05) is 115 Å². The highest BCUT2D eigenvalue weighted by molar-refractivity contribution is 6.35. The number of para-hydroxylation sites is 1. The molecule has 0 aliphatic rings. The average Bonchev–Trinajstić information content (AvgIpc) is 3.48. The van der Waals surface area contributed by atoms with Gasteiger partial charge in [-0.3, -0.25) is 0 Å². The fourth-order valence-electron chi connectivity index (χ4n) is 4.27. The second-order valence-electron chi connectivity index (χ2n) is 8.56. The van der Waals surface area contributed by atoms with Gasteiger partial charge < -0.3 is 4.42 Å².